The van der Waals surface area contributed by atoms with Gasteiger partial charge in [-0.2, -0.15) is 0 Å². The largest absolute Gasteiger partial charge is 0.349 e. The molecule has 0 saturated carbocycles. The molecule has 2 aromatic rings. The Labute approximate surface area is 162 Å². The molecule has 2 bridgehead atoms. The van der Waals surface area contributed by atoms with Crippen LogP contribution in [0.2, 0.25) is 0 Å². The lowest BCUT2D eigenvalue weighted by atomic mass is 9.81. The van der Waals surface area contributed by atoms with Crippen molar-refractivity contribution in [3.05, 3.63) is 70.8 Å². The van der Waals surface area contributed by atoms with Crippen LogP contribution >= 0.6 is 0 Å². The predicted octanol–water partition coefficient (Wildman–Crippen LogP) is 4.62. The van der Waals surface area contributed by atoms with Crippen molar-refractivity contribution < 1.29 is 4.79 Å². The van der Waals surface area contributed by atoms with Crippen molar-refractivity contribution in [2.45, 2.75) is 70.6 Å². The first-order chi connectivity index (χ1) is 13.1. The quantitative estimate of drug-likeness (QED) is 0.861. The number of aryl methyl sites for hydroxylation is 2. The number of piperidine rings is 2. The van der Waals surface area contributed by atoms with Crippen LogP contribution in [0.4, 0.5) is 0 Å². The average Bonchev–Trinajstić information content (AvgIpc) is 2.64. The van der Waals surface area contributed by atoms with Gasteiger partial charge in [0.1, 0.15) is 0 Å². The van der Waals surface area contributed by atoms with Crippen LogP contribution in [0.15, 0.2) is 48.5 Å². The molecule has 27 heavy (non-hydrogen) atoms. The molecule has 0 spiro atoms. The predicted molar refractivity (Wildman–Crippen MR) is 110 cm³/mol. The highest BCUT2D eigenvalue weighted by atomic mass is 16.1. The van der Waals surface area contributed by atoms with E-state index in [1.165, 1.54) is 30.4 Å². The van der Waals surface area contributed by atoms with Gasteiger partial charge in [0.05, 0.1) is 0 Å². The summed E-state index contributed by atoms with van der Waals surface area (Å²) in [7, 11) is 0. The Balaban J connectivity index is 1.42. The molecule has 2 aliphatic rings. The summed E-state index contributed by atoms with van der Waals surface area (Å²) in [5.74, 6) is 0.0863. The van der Waals surface area contributed by atoms with Gasteiger partial charge in [-0.15, -0.1) is 0 Å². The van der Waals surface area contributed by atoms with E-state index in [9.17, 15) is 4.79 Å². The molecule has 4 rings (SSSR count). The van der Waals surface area contributed by atoms with E-state index in [0.29, 0.717) is 18.1 Å². The lowest BCUT2D eigenvalue weighted by Crippen LogP contribution is -2.56. The minimum absolute atomic E-state index is 0.0863. The second-order valence-corrected chi connectivity index (χ2v) is 8.35. The van der Waals surface area contributed by atoms with Crippen molar-refractivity contribution in [2.75, 3.05) is 0 Å². The molecule has 2 fully saturated rings. The van der Waals surface area contributed by atoms with E-state index in [1.54, 1.807) is 0 Å². The molecular formula is C24H30N2O. The third-order valence-corrected chi connectivity index (χ3v) is 6.34. The lowest BCUT2D eigenvalue weighted by molar-refractivity contribution is 0.0177. The van der Waals surface area contributed by atoms with Gasteiger partial charge in [-0.3, -0.25) is 9.69 Å². The number of nitrogens with zero attached hydrogens (tertiary/aromatic N) is 1. The lowest BCUT2D eigenvalue weighted by Gasteiger charge is -2.49. The average molecular weight is 363 g/mol. The number of carbonyl (C=O) groups is 1. The van der Waals surface area contributed by atoms with Crippen LogP contribution in [0.5, 0.6) is 0 Å². The van der Waals surface area contributed by atoms with Gasteiger partial charge in [0.25, 0.3) is 5.91 Å². The monoisotopic (exact) mass is 362 g/mol. The highest BCUT2D eigenvalue weighted by Crippen LogP contribution is 2.35. The van der Waals surface area contributed by atoms with Crippen LogP contribution in [0.25, 0.3) is 0 Å². The minimum atomic E-state index is 0.0863. The molecule has 2 aromatic carbocycles. The first-order valence-corrected chi connectivity index (χ1v) is 10.3. The maximum absolute atomic E-state index is 12.7. The second-order valence-electron chi connectivity index (χ2n) is 8.35. The number of rotatable bonds is 4. The fourth-order valence-corrected chi connectivity index (χ4v) is 4.85. The number of nitrogens with one attached hydrogen (secondary N) is 1. The molecule has 2 aliphatic heterocycles. The smallest absolute Gasteiger partial charge is 0.251 e. The molecule has 3 heteroatoms. The van der Waals surface area contributed by atoms with Crippen LogP contribution in [0, 0.1) is 13.8 Å². The van der Waals surface area contributed by atoms with Crippen LogP contribution in [0.1, 0.15) is 59.2 Å². The van der Waals surface area contributed by atoms with Crippen LogP contribution in [0.3, 0.4) is 0 Å². The normalized spacial score (nSPS) is 25.2. The number of amides is 1. The van der Waals surface area contributed by atoms with Crippen LogP contribution in [-0.4, -0.2) is 28.9 Å². The van der Waals surface area contributed by atoms with Gasteiger partial charge in [0.15, 0.2) is 0 Å². The fourth-order valence-electron chi connectivity index (χ4n) is 4.85. The van der Waals surface area contributed by atoms with Crippen molar-refractivity contribution in [1.29, 1.82) is 0 Å². The Morgan fingerprint density at radius 1 is 1.00 bits per heavy atom. The number of carbonyl (C=O) groups excluding carboxylic acids is 1. The first kappa shape index (κ1) is 18.2. The van der Waals surface area contributed by atoms with E-state index in [2.05, 4.69) is 41.4 Å². The first-order valence-electron chi connectivity index (χ1n) is 10.3. The third-order valence-electron chi connectivity index (χ3n) is 6.34. The van der Waals surface area contributed by atoms with Gasteiger partial charge in [0.2, 0.25) is 0 Å². The Morgan fingerprint density at radius 2 is 1.67 bits per heavy atom. The highest BCUT2D eigenvalue weighted by molar-refractivity contribution is 5.95. The SMILES string of the molecule is Cc1ccc(CN2[C@@H]3CCC[C@H]2CC(NC(=O)c2ccccc2C)C3)cc1. The minimum Gasteiger partial charge on any atom is -0.349 e. The summed E-state index contributed by atoms with van der Waals surface area (Å²) in [6.45, 7) is 5.18. The second kappa shape index (κ2) is 7.85. The molecule has 0 aromatic heterocycles. The Hall–Kier alpha value is -2.13. The molecule has 0 radical (unpaired) electrons. The maximum atomic E-state index is 12.7. The van der Waals surface area contributed by atoms with Crippen molar-refractivity contribution >= 4 is 5.91 Å². The molecule has 3 atom stereocenters. The number of hydrogen-bond acceptors (Lipinski definition) is 2. The molecular weight excluding hydrogens is 332 g/mol. The van der Waals surface area contributed by atoms with Crippen molar-refractivity contribution in [2.24, 2.45) is 0 Å². The zero-order valence-corrected chi connectivity index (χ0v) is 16.4. The zero-order chi connectivity index (χ0) is 18.8. The number of fused-ring (bicyclic) bond motifs is 2. The third kappa shape index (κ3) is 4.08. The maximum Gasteiger partial charge on any atom is 0.251 e. The van der Waals surface area contributed by atoms with E-state index in [4.69, 9.17) is 0 Å². The topological polar surface area (TPSA) is 32.3 Å². The van der Waals surface area contributed by atoms with E-state index in [0.717, 1.165) is 30.5 Å². The standard InChI is InChI=1S/C24H30N2O/c1-17-10-12-19(13-11-17)16-26-21-7-5-8-22(26)15-20(14-21)25-24(27)23-9-4-3-6-18(23)2/h3-4,6,9-13,20-22H,5,7-8,14-16H2,1-2H3,(H,25,27)/t20?,21-,22+. The molecule has 3 nitrogen and oxygen atoms in total. The summed E-state index contributed by atoms with van der Waals surface area (Å²) in [5, 5.41) is 3.33. The summed E-state index contributed by atoms with van der Waals surface area (Å²) < 4.78 is 0. The molecule has 1 unspecified atom stereocenters. The molecule has 2 saturated heterocycles. The zero-order valence-electron chi connectivity index (χ0n) is 16.4. The van der Waals surface area contributed by atoms with Crippen molar-refractivity contribution in [1.82, 2.24) is 10.2 Å². The van der Waals surface area contributed by atoms with Gasteiger partial charge < -0.3 is 5.32 Å². The van der Waals surface area contributed by atoms with E-state index >= 15 is 0 Å². The summed E-state index contributed by atoms with van der Waals surface area (Å²) in [5.41, 5.74) is 4.58. The van der Waals surface area contributed by atoms with Gasteiger partial charge in [-0.05, 0) is 56.7 Å². The van der Waals surface area contributed by atoms with Crippen molar-refractivity contribution in [3.8, 4) is 0 Å². The molecule has 1 N–H and O–H groups in total. The molecule has 2 heterocycles. The van der Waals surface area contributed by atoms with Gasteiger partial charge in [-0.25, -0.2) is 0 Å². The number of benzene rings is 2. The Morgan fingerprint density at radius 3 is 2.33 bits per heavy atom. The summed E-state index contributed by atoms with van der Waals surface area (Å²) in [6, 6.07) is 18.3. The van der Waals surface area contributed by atoms with E-state index < -0.39 is 0 Å². The molecule has 142 valence electrons. The van der Waals surface area contributed by atoms with Gasteiger partial charge in [-0.1, -0.05) is 54.4 Å². The Bertz CT molecular complexity index is 784. The highest BCUT2D eigenvalue weighted by Gasteiger charge is 2.38. The van der Waals surface area contributed by atoms with Gasteiger partial charge in [0, 0.05) is 30.2 Å². The van der Waals surface area contributed by atoms with E-state index in [-0.39, 0.29) is 5.91 Å². The fraction of sp³-hybridized carbons (Fsp3) is 0.458. The van der Waals surface area contributed by atoms with Crippen LogP contribution < -0.4 is 5.32 Å². The molecule has 0 aliphatic carbocycles. The van der Waals surface area contributed by atoms with Crippen LogP contribution in [-0.2, 0) is 6.54 Å². The van der Waals surface area contributed by atoms with E-state index in [1.807, 2.05) is 31.2 Å². The number of hydrogen-bond donors (Lipinski definition) is 1. The summed E-state index contributed by atoms with van der Waals surface area (Å²) in [6.07, 6.45) is 5.95. The summed E-state index contributed by atoms with van der Waals surface area (Å²) >= 11 is 0. The van der Waals surface area contributed by atoms with Gasteiger partial charge >= 0.3 is 0 Å². The summed E-state index contributed by atoms with van der Waals surface area (Å²) in [4.78, 5) is 15.4. The van der Waals surface area contributed by atoms with Crippen molar-refractivity contribution in [3.63, 3.8) is 0 Å². The Kier molecular flexibility index (Phi) is 5.31. The molecule has 1 amide bonds.